The van der Waals surface area contributed by atoms with Crippen LogP contribution in [0.5, 0.6) is 0 Å². The number of carboxylic acid groups (broad SMARTS) is 1. The summed E-state index contributed by atoms with van der Waals surface area (Å²) in [5, 5.41) is 10.9. The number of halogens is 3. The Hall–Kier alpha value is -1.33. The summed E-state index contributed by atoms with van der Waals surface area (Å²) in [6.07, 6.45) is 0.205. The van der Waals surface area contributed by atoms with Crippen molar-refractivity contribution < 1.29 is 19.1 Å². The number of hydrogen-bond donors (Lipinski definition) is 2. The first-order chi connectivity index (χ1) is 7.82. The normalized spacial score (nSPS) is 13.9. The third-order valence-electron chi connectivity index (χ3n) is 2.32. The van der Waals surface area contributed by atoms with Gasteiger partial charge in [0.15, 0.2) is 5.54 Å². The molecule has 4 nitrogen and oxygen atoms in total. The number of rotatable bonds is 4. The maximum atomic E-state index is 13.3. The van der Waals surface area contributed by atoms with Crippen LogP contribution in [0.15, 0.2) is 12.1 Å². The van der Waals surface area contributed by atoms with E-state index in [2.05, 4.69) is 5.32 Å². The zero-order chi connectivity index (χ0) is 13.2. The fourth-order valence-corrected chi connectivity index (χ4v) is 1.85. The Morgan fingerprint density at radius 3 is 2.53 bits per heavy atom. The summed E-state index contributed by atoms with van der Waals surface area (Å²) in [6.45, 7) is 1.19. The van der Waals surface area contributed by atoms with E-state index in [1.807, 2.05) is 0 Å². The molecule has 0 saturated heterocycles. The number of amides is 1. The lowest BCUT2D eigenvalue weighted by Gasteiger charge is -2.25. The molecule has 1 unspecified atom stereocenters. The molecule has 0 aromatic heterocycles. The molecule has 2 N–H and O–H groups in total. The third-order valence-corrected chi connectivity index (χ3v) is 2.93. The lowest BCUT2D eigenvalue weighted by Crippen LogP contribution is -2.46. The summed E-state index contributed by atoms with van der Waals surface area (Å²) < 4.78 is 13.3. The second-order valence-corrected chi connectivity index (χ2v) is 4.25. The maximum Gasteiger partial charge on any atom is 0.333 e. The molecule has 0 radical (unpaired) electrons. The highest BCUT2D eigenvalue weighted by Crippen LogP contribution is 2.32. The molecule has 1 aromatic rings. The topological polar surface area (TPSA) is 66.4 Å². The van der Waals surface area contributed by atoms with Crippen molar-refractivity contribution in [1.29, 1.82) is 0 Å². The summed E-state index contributed by atoms with van der Waals surface area (Å²) in [6, 6.07) is 1.97. The smallest absolute Gasteiger partial charge is 0.333 e. The maximum absolute atomic E-state index is 13.3. The number of aliphatic carboxylic acids is 1. The van der Waals surface area contributed by atoms with E-state index in [9.17, 15) is 14.0 Å². The number of nitrogens with one attached hydrogen (secondary N) is 1. The standard InChI is InChI=1S/C10H8Cl2FNO3/c1-10(9(16)17,14-4-15)5-2-8(13)7(12)3-6(5)11/h2-4H,1H3,(H,14,15)(H,16,17). The van der Waals surface area contributed by atoms with Crippen LogP contribution in [0.25, 0.3) is 0 Å². The number of benzene rings is 1. The van der Waals surface area contributed by atoms with Crippen molar-refractivity contribution in [3.8, 4) is 0 Å². The van der Waals surface area contributed by atoms with Gasteiger partial charge in [-0.2, -0.15) is 0 Å². The van der Waals surface area contributed by atoms with Crippen molar-refractivity contribution in [1.82, 2.24) is 5.32 Å². The molecule has 1 amide bonds. The molecule has 1 atom stereocenters. The van der Waals surface area contributed by atoms with Crippen LogP contribution in [-0.4, -0.2) is 17.5 Å². The molecule has 0 bridgehead atoms. The molecule has 0 fully saturated rings. The first kappa shape index (κ1) is 13.7. The van der Waals surface area contributed by atoms with Crippen molar-refractivity contribution in [2.24, 2.45) is 0 Å². The first-order valence-corrected chi connectivity index (χ1v) is 5.18. The Bertz CT molecular complexity index is 481. The molecule has 0 heterocycles. The minimum Gasteiger partial charge on any atom is -0.479 e. The van der Waals surface area contributed by atoms with Gasteiger partial charge in [0.25, 0.3) is 0 Å². The van der Waals surface area contributed by atoms with Crippen molar-refractivity contribution in [3.05, 3.63) is 33.6 Å². The lowest BCUT2D eigenvalue weighted by atomic mass is 9.92. The zero-order valence-electron chi connectivity index (χ0n) is 8.63. The highest BCUT2D eigenvalue weighted by molar-refractivity contribution is 6.35. The Balaban J connectivity index is 3.43. The summed E-state index contributed by atoms with van der Waals surface area (Å²) in [4.78, 5) is 21.5. The Kier molecular flexibility index (Phi) is 3.95. The Labute approximate surface area is 106 Å². The van der Waals surface area contributed by atoms with Gasteiger partial charge in [-0.25, -0.2) is 9.18 Å². The molecule has 1 aromatic carbocycles. The van der Waals surface area contributed by atoms with Crippen LogP contribution in [0.1, 0.15) is 12.5 Å². The van der Waals surface area contributed by atoms with Crippen molar-refractivity contribution >= 4 is 35.6 Å². The van der Waals surface area contributed by atoms with Crippen LogP contribution < -0.4 is 5.32 Å². The van der Waals surface area contributed by atoms with Crippen LogP contribution >= 0.6 is 23.2 Å². The summed E-state index contributed by atoms with van der Waals surface area (Å²) in [7, 11) is 0. The fourth-order valence-electron chi connectivity index (χ4n) is 1.28. The van der Waals surface area contributed by atoms with E-state index in [-0.39, 0.29) is 22.0 Å². The molecular formula is C10H8Cl2FNO3. The van der Waals surface area contributed by atoms with Crippen molar-refractivity contribution in [2.75, 3.05) is 0 Å². The number of carbonyl (C=O) groups excluding carboxylic acids is 1. The van der Waals surface area contributed by atoms with E-state index < -0.39 is 17.3 Å². The van der Waals surface area contributed by atoms with Crippen LogP contribution in [0.2, 0.25) is 10.0 Å². The molecule has 7 heteroatoms. The van der Waals surface area contributed by atoms with Gasteiger partial charge in [-0.15, -0.1) is 0 Å². The fraction of sp³-hybridized carbons (Fsp3) is 0.200. The molecular weight excluding hydrogens is 272 g/mol. The predicted molar refractivity (Wildman–Crippen MR) is 60.6 cm³/mol. The van der Waals surface area contributed by atoms with Crippen molar-refractivity contribution in [3.63, 3.8) is 0 Å². The van der Waals surface area contributed by atoms with E-state index in [0.29, 0.717) is 0 Å². The minimum absolute atomic E-state index is 0.0457. The summed E-state index contributed by atoms with van der Waals surface area (Å²) in [5.41, 5.74) is -1.90. The van der Waals surface area contributed by atoms with Gasteiger partial charge in [0.2, 0.25) is 6.41 Å². The number of carbonyl (C=O) groups is 2. The van der Waals surface area contributed by atoms with Crippen molar-refractivity contribution in [2.45, 2.75) is 12.5 Å². The highest BCUT2D eigenvalue weighted by atomic mass is 35.5. The van der Waals surface area contributed by atoms with E-state index in [1.165, 1.54) is 6.92 Å². The molecule has 0 aliphatic heterocycles. The average molecular weight is 280 g/mol. The van der Waals surface area contributed by atoms with Gasteiger partial charge in [-0.3, -0.25) is 4.79 Å². The molecule has 92 valence electrons. The lowest BCUT2D eigenvalue weighted by molar-refractivity contribution is -0.145. The Morgan fingerprint density at radius 2 is 2.06 bits per heavy atom. The van der Waals surface area contributed by atoms with E-state index >= 15 is 0 Å². The van der Waals surface area contributed by atoms with Gasteiger partial charge in [0.05, 0.1) is 5.02 Å². The van der Waals surface area contributed by atoms with Gasteiger partial charge in [-0.05, 0) is 19.1 Å². The molecule has 0 aliphatic carbocycles. The van der Waals surface area contributed by atoms with Crippen LogP contribution in [0.3, 0.4) is 0 Å². The second-order valence-electron chi connectivity index (χ2n) is 3.44. The number of carboxylic acids is 1. The summed E-state index contributed by atoms with van der Waals surface area (Å²) >= 11 is 11.3. The van der Waals surface area contributed by atoms with E-state index in [0.717, 1.165) is 12.1 Å². The summed E-state index contributed by atoms with van der Waals surface area (Å²) in [5.74, 6) is -2.18. The SMILES string of the molecule is CC(NC=O)(C(=O)O)c1cc(F)c(Cl)cc1Cl. The van der Waals surface area contributed by atoms with Gasteiger partial charge < -0.3 is 10.4 Å². The monoisotopic (exact) mass is 279 g/mol. The van der Waals surface area contributed by atoms with Gasteiger partial charge >= 0.3 is 5.97 Å². The molecule has 1 rings (SSSR count). The zero-order valence-corrected chi connectivity index (χ0v) is 10.1. The molecule has 0 saturated carbocycles. The van der Waals surface area contributed by atoms with Crippen LogP contribution in [0.4, 0.5) is 4.39 Å². The molecule has 0 spiro atoms. The van der Waals surface area contributed by atoms with E-state index in [1.54, 1.807) is 0 Å². The Morgan fingerprint density at radius 1 is 1.47 bits per heavy atom. The predicted octanol–water partition coefficient (Wildman–Crippen LogP) is 2.18. The van der Waals surface area contributed by atoms with Gasteiger partial charge in [-0.1, -0.05) is 23.2 Å². The first-order valence-electron chi connectivity index (χ1n) is 4.42. The second kappa shape index (κ2) is 4.89. The largest absolute Gasteiger partial charge is 0.479 e. The minimum atomic E-state index is -1.82. The number of hydrogen-bond acceptors (Lipinski definition) is 2. The van der Waals surface area contributed by atoms with Crippen LogP contribution in [-0.2, 0) is 15.1 Å². The van der Waals surface area contributed by atoms with Gasteiger partial charge in [0, 0.05) is 10.6 Å². The highest BCUT2D eigenvalue weighted by Gasteiger charge is 2.37. The molecule has 0 aliphatic rings. The quantitative estimate of drug-likeness (QED) is 0.656. The van der Waals surface area contributed by atoms with E-state index in [4.69, 9.17) is 28.3 Å². The molecule has 17 heavy (non-hydrogen) atoms. The third kappa shape index (κ3) is 2.50. The average Bonchev–Trinajstić information content (AvgIpc) is 2.23. The van der Waals surface area contributed by atoms with Crippen LogP contribution in [0, 0.1) is 5.82 Å². The van der Waals surface area contributed by atoms with Gasteiger partial charge in [0.1, 0.15) is 5.82 Å².